The minimum atomic E-state index is -3.50. The third-order valence-corrected chi connectivity index (χ3v) is 6.50. The van der Waals surface area contributed by atoms with Crippen molar-refractivity contribution in [2.45, 2.75) is 31.1 Å². The maximum absolute atomic E-state index is 12.5. The molecule has 3 rings (SSSR count). The van der Waals surface area contributed by atoms with Crippen molar-refractivity contribution in [1.29, 1.82) is 0 Å². The second-order valence-corrected chi connectivity index (χ2v) is 8.73. The van der Waals surface area contributed by atoms with Gasteiger partial charge in [-0.3, -0.25) is 4.79 Å². The third kappa shape index (κ3) is 5.33. The summed E-state index contributed by atoms with van der Waals surface area (Å²) in [4.78, 5) is 14.3. The van der Waals surface area contributed by atoms with Gasteiger partial charge in [-0.1, -0.05) is 19.1 Å². The molecule has 0 saturated carbocycles. The Morgan fingerprint density at radius 3 is 2.54 bits per heavy atom. The summed E-state index contributed by atoms with van der Waals surface area (Å²) < 4.78 is 32.8. The molecule has 1 aliphatic rings. The first-order valence-electron chi connectivity index (χ1n) is 9.57. The van der Waals surface area contributed by atoms with Crippen LogP contribution in [-0.2, 0) is 21.2 Å². The Morgan fingerprint density at radius 1 is 1.21 bits per heavy atom. The van der Waals surface area contributed by atoms with E-state index in [4.69, 9.17) is 4.42 Å². The van der Waals surface area contributed by atoms with Crippen molar-refractivity contribution in [3.63, 3.8) is 0 Å². The second-order valence-electron chi connectivity index (χ2n) is 6.97. The minimum Gasteiger partial charge on any atom is -0.465 e. The molecule has 1 saturated heterocycles. The zero-order valence-electron chi connectivity index (χ0n) is 16.0. The number of sulfonamides is 1. The lowest BCUT2D eigenvalue weighted by molar-refractivity contribution is -0.127. The fraction of sp³-hybridized carbons (Fsp3) is 0.381. The Balaban J connectivity index is 1.46. The van der Waals surface area contributed by atoms with Crippen molar-refractivity contribution in [1.82, 2.24) is 9.62 Å². The number of hydrogen-bond donors (Lipinski definition) is 1. The molecule has 1 N–H and O–H groups in total. The highest BCUT2D eigenvalue weighted by Gasteiger charge is 2.23. The number of nitrogens with one attached hydrogen (secondary N) is 1. The molecule has 1 aromatic carbocycles. The van der Waals surface area contributed by atoms with Gasteiger partial charge in [-0.15, -0.1) is 0 Å². The topological polar surface area (TPSA) is 79.6 Å². The molecule has 150 valence electrons. The first-order valence-corrected chi connectivity index (χ1v) is 11.1. The number of piperidine rings is 1. The van der Waals surface area contributed by atoms with Crippen LogP contribution in [0.25, 0.3) is 6.08 Å². The van der Waals surface area contributed by atoms with Crippen molar-refractivity contribution >= 4 is 22.0 Å². The van der Waals surface area contributed by atoms with Crippen molar-refractivity contribution in [2.75, 3.05) is 19.6 Å². The summed E-state index contributed by atoms with van der Waals surface area (Å²) in [5, 5.41) is 0. The van der Waals surface area contributed by atoms with E-state index in [0.717, 1.165) is 24.8 Å². The largest absolute Gasteiger partial charge is 0.465 e. The lowest BCUT2D eigenvalue weighted by Gasteiger charge is -2.31. The number of carbonyl (C=O) groups excluding carboxylic acids is 1. The Bertz CT molecular complexity index is 894. The van der Waals surface area contributed by atoms with Gasteiger partial charge in [0.2, 0.25) is 15.9 Å². The molecule has 6 nitrogen and oxygen atoms in total. The molecule has 2 heterocycles. The highest BCUT2D eigenvalue weighted by Crippen LogP contribution is 2.18. The van der Waals surface area contributed by atoms with Gasteiger partial charge in [-0.2, -0.15) is 0 Å². The van der Waals surface area contributed by atoms with Crippen LogP contribution in [0.2, 0.25) is 0 Å². The Kier molecular flexibility index (Phi) is 6.70. The summed E-state index contributed by atoms with van der Waals surface area (Å²) in [6.45, 7) is 3.67. The maximum atomic E-state index is 12.5. The maximum Gasteiger partial charge on any atom is 0.246 e. The van der Waals surface area contributed by atoms with Crippen LogP contribution in [0.1, 0.15) is 31.1 Å². The van der Waals surface area contributed by atoms with Gasteiger partial charge < -0.3 is 9.32 Å². The van der Waals surface area contributed by atoms with Gasteiger partial charge >= 0.3 is 0 Å². The number of nitrogens with zero attached hydrogens (tertiary/aromatic N) is 1. The number of benzene rings is 1. The van der Waals surface area contributed by atoms with Gasteiger partial charge in [0.05, 0.1) is 11.2 Å². The van der Waals surface area contributed by atoms with Crippen molar-refractivity contribution in [2.24, 2.45) is 5.92 Å². The van der Waals surface area contributed by atoms with Crippen LogP contribution < -0.4 is 4.72 Å². The summed E-state index contributed by atoms with van der Waals surface area (Å²) >= 11 is 0. The van der Waals surface area contributed by atoms with Crippen LogP contribution in [0.15, 0.2) is 58.1 Å². The Hall–Kier alpha value is -2.38. The number of carbonyl (C=O) groups is 1. The minimum absolute atomic E-state index is 0.0496. The zero-order valence-corrected chi connectivity index (χ0v) is 16.8. The van der Waals surface area contributed by atoms with Gasteiger partial charge in [0, 0.05) is 25.7 Å². The molecule has 1 amide bonds. The van der Waals surface area contributed by atoms with Gasteiger partial charge in [0.25, 0.3) is 0 Å². The van der Waals surface area contributed by atoms with Gasteiger partial charge in [0.15, 0.2) is 0 Å². The van der Waals surface area contributed by atoms with Crippen LogP contribution in [0, 0.1) is 5.92 Å². The number of hydrogen-bond acceptors (Lipinski definition) is 4. The van der Waals surface area contributed by atoms with Crippen molar-refractivity contribution in [3.8, 4) is 0 Å². The normalized spacial score (nSPS) is 16.0. The molecule has 2 aromatic rings. The molecule has 1 aliphatic heterocycles. The molecule has 0 unspecified atom stereocenters. The van der Waals surface area contributed by atoms with E-state index < -0.39 is 10.0 Å². The number of amides is 1. The quantitative estimate of drug-likeness (QED) is 0.722. The lowest BCUT2D eigenvalue weighted by Crippen LogP contribution is -2.40. The van der Waals surface area contributed by atoms with E-state index in [-0.39, 0.29) is 11.8 Å². The average molecular weight is 403 g/mol. The molecular formula is C21H26N2O4S. The standard InChI is InChI=1S/C21H26N2O4S/c1-2-17-5-8-20(9-6-17)28(25,26)22-16-18-11-13-23(14-12-18)21(24)10-7-19-4-3-15-27-19/h3-10,15,18,22H,2,11-14,16H2,1H3/b10-7+. The molecule has 0 bridgehead atoms. The van der Waals surface area contributed by atoms with Gasteiger partial charge in [-0.25, -0.2) is 13.1 Å². The molecule has 0 aliphatic carbocycles. The van der Waals surface area contributed by atoms with Crippen molar-refractivity contribution in [3.05, 3.63) is 60.1 Å². The summed E-state index contributed by atoms with van der Waals surface area (Å²) in [5.41, 5.74) is 1.11. The molecule has 1 aromatic heterocycles. The molecule has 28 heavy (non-hydrogen) atoms. The van der Waals surface area contributed by atoms with Crippen LogP contribution in [-0.4, -0.2) is 38.9 Å². The van der Waals surface area contributed by atoms with E-state index in [1.165, 1.54) is 6.08 Å². The SMILES string of the molecule is CCc1ccc(S(=O)(=O)NCC2CCN(C(=O)/C=C/c3ccco3)CC2)cc1. The number of rotatable bonds is 7. The summed E-state index contributed by atoms with van der Waals surface area (Å²) in [5.74, 6) is 0.818. The highest BCUT2D eigenvalue weighted by molar-refractivity contribution is 7.89. The number of likely N-dealkylation sites (tertiary alicyclic amines) is 1. The van der Waals surface area contributed by atoms with E-state index in [1.54, 1.807) is 41.5 Å². The monoisotopic (exact) mass is 402 g/mol. The number of aryl methyl sites for hydroxylation is 1. The third-order valence-electron chi connectivity index (χ3n) is 5.06. The van der Waals surface area contributed by atoms with Crippen LogP contribution >= 0.6 is 0 Å². The molecule has 1 fully saturated rings. The van der Waals surface area contributed by atoms with Gasteiger partial charge in [-0.05, 0) is 61.1 Å². The summed E-state index contributed by atoms with van der Waals surface area (Å²) in [7, 11) is -3.50. The molecular weight excluding hydrogens is 376 g/mol. The predicted molar refractivity (Wildman–Crippen MR) is 108 cm³/mol. The van der Waals surface area contributed by atoms with E-state index in [2.05, 4.69) is 4.72 Å². The molecule has 0 spiro atoms. The molecule has 0 radical (unpaired) electrons. The molecule has 7 heteroatoms. The fourth-order valence-electron chi connectivity index (χ4n) is 3.22. The highest BCUT2D eigenvalue weighted by atomic mass is 32.2. The smallest absolute Gasteiger partial charge is 0.246 e. The van der Waals surface area contributed by atoms with E-state index in [1.807, 2.05) is 19.1 Å². The van der Waals surface area contributed by atoms with Crippen LogP contribution in [0.4, 0.5) is 0 Å². The van der Waals surface area contributed by atoms with Gasteiger partial charge in [0.1, 0.15) is 5.76 Å². The van der Waals surface area contributed by atoms with E-state index >= 15 is 0 Å². The fourth-order valence-corrected chi connectivity index (χ4v) is 4.33. The average Bonchev–Trinajstić information content (AvgIpc) is 3.24. The van der Waals surface area contributed by atoms with Crippen LogP contribution in [0.3, 0.4) is 0 Å². The first-order chi connectivity index (χ1) is 13.5. The van der Waals surface area contributed by atoms with E-state index in [9.17, 15) is 13.2 Å². The number of furan rings is 1. The van der Waals surface area contributed by atoms with Crippen LogP contribution in [0.5, 0.6) is 0 Å². The second kappa shape index (κ2) is 9.21. The van der Waals surface area contributed by atoms with E-state index in [0.29, 0.717) is 30.3 Å². The van der Waals surface area contributed by atoms with Crippen molar-refractivity contribution < 1.29 is 17.6 Å². The zero-order chi connectivity index (χ0) is 20.0. The Labute approximate surface area is 166 Å². The molecule has 0 atom stereocenters. The predicted octanol–water partition coefficient (Wildman–Crippen LogP) is 3.07. The first kappa shape index (κ1) is 20.4. The lowest BCUT2D eigenvalue weighted by atomic mass is 9.97. The summed E-state index contributed by atoms with van der Waals surface area (Å²) in [6, 6.07) is 10.5. The summed E-state index contributed by atoms with van der Waals surface area (Å²) in [6.07, 6.45) is 7.17. The Morgan fingerprint density at radius 2 is 1.93 bits per heavy atom.